The molecule has 2 aliphatic rings. The number of β-lactam (4-membered cyclic amide) rings is 1. The van der Waals surface area contributed by atoms with Crippen LogP contribution >= 0.6 is 23.1 Å². The number of rotatable bonds is 7. The number of carbonyl (C=O) groups is 3. The number of thiophene rings is 1. The maximum absolute atomic E-state index is 12.6. The van der Waals surface area contributed by atoms with Gasteiger partial charge in [0.25, 0.3) is 5.91 Å². The van der Waals surface area contributed by atoms with Gasteiger partial charge in [0.1, 0.15) is 23.7 Å². The fourth-order valence-corrected chi connectivity index (χ4v) is 4.68. The molecular formula is C16H15N5O4S2. The van der Waals surface area contributed by atoms with E-state index in [0.29, 0.717) is 0 Å². The van der Waals surface area contributed by atoms with E-state index < -0.39 is 23.3 Å². The van der Waals surface area contributed by atoms with Crippen molar-refractivity contribution in [2.45, 2.75) is 17.8 Å². The van der Waals surface area contributed by atoms with Crippen LogP contribution in [-0.4, -0.2) is 46.5 Å². The van der Waals surface area contributed by atoms with Crippen molar-refractivity contribution in [3.8, 4) is 0 Å². The molecule has 1 aromatic heterocycles. The van der Waals surface area contributed by atoms with E-state index >= 15 is 0 Å². The van der Waals surface area contributed by atoms with Gasteiger partial charge < -0.3 is 10.1 Å². The molecule has 2 aliphatic heterocycles. The minimum Gasteiger partial charge on any atom is -0.457 e. The smallest absolute Gasteiger partial charge is 0.355 e. The van der Waals surface area contributed by atoms with Crippen LogP contribution in [0.1, 0.15) is 4.88 Å². The Morgan fingerprint density at radius 2 is 2.37 bits per heavy atom. The van der Waals surface area contributed by atoms with Crippen molar-refractivity contribution >= 4 is 40.9 Å². The molecule has 0 radical (unpaired) electrons. The van der Waals surface area contributed by atoms with E-state index in [1.54, 1.807) is 0 Å². The number of azide groups is 1. The predicted octanol–water partition coefficient (Wildman–Crippen LogP) is 1.94. The molecule has 0 unspecified atom stereocenters. The van der Waals surface area contributed by atoms with Crippen molar-refractivity contribution in [2.75, 3.05) is 12.4 Å². The van der Waals surface area contributed by atoms with Gasteiger partial charge in [-0.25, -0.2) is 4.79 Å². The van der Waals surface area contributed by atoms with E-state index in [9.17, 15) is 14.4 Å². The third-order valence-corrected chi connectivity index (χ3v) is 6.01. The average Bonchev–Trinajstić information content (AvgIpc) is 3.16. The lowest BCUT2D eigenvalue weighted by molar-refractivity contribution is -0.152. The Bertz CT molecular complexity index is 860. The van der Waals surface area contributed by atoms with E-state index in [2.05, 4.69) is 21.9 Å². The van der Waals surface area contributed by atoms with Crippen LogP contribution in [0.25, 0.3) is 10.4 Å². The normalized spacial score (nSPS) is 20.9. The lowest BCUT2D eigenvalue weighted by atomic mass is 10.0. The highest BCUT2D eigenvalue weighted by Gasteiger charge is 2.54. The van der Waals surface area contributed by atoms with E-state index in [-0.39, 0.29) is 36.1 Å². The highest BCUT2D eigenvalue weighted by atomic mass is 32.2. The van der Waals surface area contributed by atoms with Crippen molar-refractivity contribution in [3.05, 3.63) is 56.9 Å². The number of carbonyl (C=O) groups excluding carboxylic acids is 3. The fraction of sp³-hybridized carbons (Fsp3) is 0.312. The summed E-state index contributed by atoms with van der Waals surface area (Å²) >= 11 is 2.77. The lowest BCUT2D eigenvalue weighted by Gasteiger charge is -2.49. The van der Waals surface area contributed by atoms with E-state index in [0.717, 1.165) is 4.88 Å². The number of ether oxygens (including phenoxy) is 1. The summed E-state index contributed by atoms with van der Waals surface area (Å²) in [6.07, 6.45) is 1.58. The number of amides is 2. The summed E-state index contributed by atoms with van der Waals surface area (Å²) in [7, 11) is 0. The van der Waals surface area contributed by atoms with Gasteiger partial charge in [0.2, 0.25) is 5.91 Å². The zero-order valence-corrected chi connectivity index (χ0v) is 15.7. The highest BCUT2D eigenvalue weighted by molar-refractivity contribution is 8.00. The van der Waals surface area contributed by atoms with Crippen molar-refractivity contribution in [2.24, 2.45) is 5.11 Å². The first-order valence-electron chi connectivity index (χ1n) is 7.89. The molecule has 0 spiro atoms. The first-order chi connectivity index (χ1) is 13.1. The van der Waals surface area contributed by atoms with Gasteiger partial charge in [-0.05, 0) is 17.0 Å². The van der Waals surface area contributed by atoms with Crippen LogP contribution in [-0.2, 0) is 25.5 Å². The second-order valence-electron chi connectivity index (χ2n) is 5.58. The molecule has 0 bridgehead atoms. The Morgan fingerprint density at radius 3 is 3.04 bits per heavy atom. The summed E-state index contributed by atoms with van der Waals surface area (Å²) in [4.78, 5) is 41.9. The second kappa shape index (κ2) is 8.30. The van der Waals surface area contributed by atoms with Gasteiger partial charge in [-0.3, -0.25) is 14.5 Å². The van der Waals surface area contributed by atoms with Gasteiger partial charge in [0, 0.05) is 15.5 Å². The Morgan fingerprint density at radius 1 is 1.56 bits per heavy atom. The quantitative estimate of drug-likeness (QED) is 0.185. The number of fused-ring (bicyclic) bond motifs is 1. The minimum atomic E-state index is -0.765. The number of esters is 1. The SMILES string of the molecule is C=CCOC(=O)C1=C(N=[N+]=[N-])CS[C@@H]2[C@H](NC(=O)Cc3cccs3)C(=O)N12. The molecule has 3 rings (SSSR count). The minimum absolute atomic E-state index is 0.0350. The van der Waals surface area contributed by atoms with Gasteiger partial charge in [-0.2, -0.15) is 0 Å². The molecule has 2 amide bonds. The molecule has 0 saturated carbocycles. The Kier molecular flexibility index (Phi) is 5.84. The summed E-state index contributed by atoms with van der Waals surface area (Å²) in [5.41, 5.74) is 8.76. The van der Waals surface area contributed by atoms with Gasteiger partial charge in [0.05, 0.1) is 12.1 Å². The van der Waals surface area contributed by atoms with Gasteiger partial charge in [0.15, 0.2) is 0 Å². The standard InChI is InChI=1S/C16H15N5O4S2/c1-2-5-25-16(24)13-10(19-20-17)8-27-15-12(14(23)21(13)15)18-11(22)7-9-4-3-6-26-9/h2-4,6,12,15H,1,5,7-8H2,(H,18,22)/t12-,15-/m1/s1. The number of nitrogens with zero attached hydrogens (tertiary/aromatic N) is 4. The maximum atomic E-state index is 12.6. The molecule has 1 N–H and O–H groups in total. The molecule has 1 aromatic rings. The lowest BCUT2D eigenvalue weighted by Crippen LogP contribution is -2.70. The Balaban J connectivity index is 1.74. The molecule has 9 nitrogen and oxygen atoms in total. The summed E-state index contributed by atoms with van der Waals surface area (Å²) in [6, 6.07) is 2.96. The summed E-state index contributed by atoms with van der Waals surface area (Å²) in [6.45, 7) is 3.43. The third-order valence-electron chi connectivity index (χ3n) is 3.87. The topological polar surface area (TPSA) is 124 Å². The molecule has 3 heterocycles. The van der Waals surface area contributed by atoms with Crippen LogP contribution in [0.4, 0.5) is 0 Å². The largest absolute Gasteiger partial charge is 0.457 e. The zero-order valence-electron chi connectivity index (χ0n) is 14.0. The molecule has 140 valence electrons. The van der Waals surface area contributed by atoms with Crippen molar-refractivity contribution in [3.63, 3.8) is 0 Å². The molecular weight excluding hydrogens is 390 g/mol. The number of thioether (sulfide) groups is 1. The molecule has 2 atom stereocenters. The zero-order chi connectivity index (χ0) is 19.4. The first kappa shape index (κ1) is 19.0. The van der Waals surface area contributed by atoms with E-state index in [4.69, 9.17) is 10.3 Å². The van der Waals surface area contributed by atoms with Gasteiger partial charge in [-0.1, -0.05) is 23.8 Å². The fourth-order valence-electron chi connectivity index (χ4n) is 2.72. The monoisotopic (exact) mass is 405 g/mol. The van der Waals surface area contributed by atoms with E-state index in [1.807, 2.05) is 17.5 Å². The molecule has 27 heavy (non-hydrogen) atoms. The molecule has 1 saturated heterocycles. The summed E-state index contributed by atoms with van der Waals surface area (Å²) in [5, 5.41) is 7.65. The van der Waals surface area contributed by atoms with Crippen molar-refractivity contribution < 1.29 is 19.1 Å². The van der Waals surface area contributed by atoms with Gasteiger partial charge in [-0.15, -0.1) is 23.1 Å². The molecule has 11 heteroatoms. The molecule has 0 aromatic carbocycles. The molecule has 0 aliphatic carbocycles. The van der Waals surface area contributed by atoms with E-state index in [1.165, 1.54) is 34.1 Å². The van der Waals surface area contributed by atoms with Crippen LogP contribution in [0, 0.1) is 0 Å². The molecule has 1 fully saturated rings. The van der Waals surface area contributed by atoms with Crippen LogP contribution in [0.15, 0.2) is 46.7 Å². The second-order valence-corrected chi connectivity index (χ2v) is 7.72. The summed E-state index contributed by atoms with van der Waals surface area (Å²) in [5.74, 6) is -1.24. The van der Waals surface area contributed by atoms with Crippen LogP contribution in [0.3, 0.4) is 0 Å². The highest BCUT2D eigenvalue weighted by Crippen LogP contribution is 2.41. The average molecular weight is 405 g/mol. The maximum Gasteiger partial charge on any atom is 0.355 e. The van der Waals surface area contributed by atoms with Crippen LogP contribution < -0.4 is 5.32 Å². The van der Waals surface area contributed by atoms with Crippen molar-refractivity contribution in [1.82, 2.24) is 10.2 Å². The van der Waals surface area contributed by atoms with Gasteiger partial charge >= 0.3 is 5.97 Å². The number of nitrogens with one attached hydrogen (secondary N) is 1. The number of hydrogen-bond donors (Lipinski definition) is 1. The number of hydrogen-bond acceptors (Lipinski definition) is 7. The van der Waals surface area contributed by atoms with Crippen LogP contribution in [0.2, 0.25) is 0 Å². The Labute approximate surface area is 162 Å². The Hall–Kier alpha value is -2.75. The third kappa shape index (κ3) is 3.85. The predicted molar refractivity (Wildman–Crippen MR) is 100 cm³/mol. The van der Waals surface area contributed by atoms with Crippen molar-refractivity contribution in [1.29, 1.82) is 0 Å². The summed E-state index contributed by atoms with van der Waals surface area (Å²) < 4.78 is 5.01. The first-order valence-corrected chi connectivity index (χ1v) is 9.82. The van der Waals surface area contributed by atoms with Crippen LogP contribution in [0.5, 0.6) is 0 Å².